The molecule has 2 heterocycles. The Kier molecular flexibility index (Phi) is 7.09. The maximum Gasteiger partial charge on any atom is 0.420 e. The Balaban J connectivity index is 1.58. The smallest absolute Gasteiger partial charge is 0.420 e. The van der Waals surface area contributed by atoms with Crippen LogP contribution in [0, 0.1) is 0 Å². The van der Waals surface area contributed by atoms with Crippen LogP contribution in [-0.4, -0.2) is 28.1 Å². The molecule has 3 aromatic rings. The number of rotatable bonds is 5. The molecule has 1 aliphatic rings. The fourth-order valence-corrected chi connectivity index (χ4v) is 4.32. The summed E-state index contributed by atoms with van der Waals surface area (Å²) in [5, 5.41) is 0. The number of anilines is 2. The molecule has 1 aliphatic heterocycles. The standard InChI is InChI=1S/C28H33N3O2/c1-28(2,3)33-27(32)31(24-14-8-5-9-15-24)26-18-17-23(20-29-26)25-16-10-11-19-30(25)21-22-12-6-4-7-13-22/h4-9,12-15,17-18,20,25H,10-11,16,19,21H2,1-3H3/t25-/m0/s1. The molecule has 0 unspecified atom stereocenters. The molecule has 2 aromatic carbocycles. The Morgan fingerprint density at radius 2 is 1.70 bits per heavy atom. The summed E-state index contributed by atoms with van der Waals surface area (Å²) in [4.78, 5) is 21.9. The average molecular weight is 444 g/mol. The molecule has 0 saturated carbocycles. The van der Waals surface area contributed by atoms with Gasteiger partial charge in [0.2, 0.25) is 0 Å². The molecule has 4 rings (SSSR count). The molecular formula is C28H33N3O2. The largest absolute Gasteiger partial charge is 0.443 e. The van der Waals surface area contributed by atoms with Gasteiger partial charge in [-0.2, -0.15) is 0 Å². The molecule has 0 bridgehead atoms. The molecule has 33 heavy (non-hydrogen) atoms. The second-order valence-corrected chi connectivity index (χ2v) is 9.57. The number of carbonyl (C=O) groups excluding carboxylic acids is 1. The van der Waals surface area contributed by atoms with E-state index in [1.807, 2.05) is 63.4 Å². The SMILES string of the molecule is CC(C)(C)OC(=O)N(c1ccccc1)c1ccc([C@@H]2CCCCN2Cc2ccccc2)cn1. The van der Waals surface area contributed by atoms with Crippen molar-refractivity contribution in [1.82, 2.24) is 9.88 Å². The molecule has 172 valence electrons. The third-order valence-electron chi connectivity index (χ3n) is 5.82. The Morgan fingerprint density at radius 3 is 2.33 bits per heavy atom. The second kappa shape index (κ2) is 10.2. The molecule has 0 spiro atoms. The topological polar surface area (TPSA) is 45.7 Å². The number of hydrogen-bond acceptors (Lipinski definition) is 4. The van der Waals surface area contributed by atoms with E-state index in [9.17, 15) is 4.79 Å². The third kappa shape index (κ3) is 5.99. The van der Waals surface area contributed by atoms with E-state index in [1.165, 1.54) is 28.9 Å². The summed E-state index contributed by atoms with van der Waals surface area (Å²) in [5.41, 5.74) is 2.65. The molecule has 1 aromatic heterocycles. The Hall–Kier alpha value is -3.18. The van der Waals surface area contributed by atoms with E-state index in [-0.39, 0.29) is 0 Å². The van der Waals surface area contributed by atoms with Gasteiger partial charge in [0.05, 0.1) is 5.69 Å². The van der Waals surface area contributed by atoms with Gasteiger partial charge in [0.15, 0.2) is 0 Å². The van der Waals surface area contributed by atoms with Crippen LogP contribution < -0.4 is 4.90 Å². The molecular weight excluding hydrogens is 410 g/mol. The van der Waals surface area contributed by atoms with Crippen molar-refractivity contribution in [1.29, 1.82) is 0 Å². The lowest BCUT2D eigenvalue weighted by atomic mass is 9.95. The highest BCUT2D eigenvalue weighted by atomic mass is 16.6. The number of nitrogens with zero attached hydrogens (tertiary/aromatic N) is 3. The first kappa shape index (κ1) is 23.0. The Labute approximate surface area is 197 Å². The second-order valence-electron chi connectivity index (χ2n) is 9.57. The van der Waals surface area contributed by atoms with Gasteiger partial charge in [-0.3, -0.25) is 4.90 Å². The van der Waals surface area contributed by atoms with Crippen molar-refractivity contribution in [3.63, 3.8) is 0 Å². The minimum atomic E-state index is -0.593. The van der Waals surface area contributed by atoms with E-state index >= 15 is 0 Å². The molecule has 1 atom stereocenters. The number of aromatic nitrogens is 1. The Bertz CT molecular complexity index is 1030. The molecule has 0 N–H and O–H groups in total. The van der Waals surface area contributed by atoms with Gasteiger partial charge >= 0.3 is 6.09 Å². The number of amides is 1. The zero-order valence-corrected chi connectivity index (χ0v) is 19.8. The number of carbonyl (C=O) groups is 1. The monoisotopic (exact) mass is 443 g/mol. The maximum atomic E-state index is 13.1. The van der Waals surface area contributed by atoms with Crippen LogP contribution in [0.25, 0.3) is 0 Å². The number of pyridine rings is 1. The lowest BCUT2D eigenvalue weighted by molar-refractivity contribution is 0.0598. The van der Waals surface area contributed by atoms with Gasteiger partial charge in [0.25, 0.3) is 0 Å². The van der Waals surface area contributed by atoms with Crippen molar-refractivity contribution in [2.24, 2.45) is 0 Å². The van der Waals surface area contributed by atoms with E-state index in [0.29, 0.717) is 11.9 Å². The number of benzene rings is 2. The first-order valence-electron chi connectivity index (χ1n) is 11.7. The van der Waals surface area contributed by atoms with Gasteiger partial charge in [-0.05, 0) is 69.5 Å². The van der Waals surface area contributed by atoms with Crippen molar-refractivity contribution in [2.75, 3.05) is 11.4 Å². The van der Waals surface area contributed by atoms with Gasteiger partial charge in [-0.1, -0.05) is 61.0 Å². The number of para-hydroxylation sites is 1. The number of hydrogen-bond donors (Lipinski definition) is 0. The van der Waals surface area contributed by atoms with E-state index in [2.05, 4.69) is 41.3 Å². The summed E-state index contributed by atoms with van der Waals surface area (Å²) in [6.07, 6.45) is 5.03. The minimum absolute atomic E-state index is 0.326. The first-order chi connectivity index (χ1) is 15.9. The van der Waals surface area contributed by atoms with Crippen LogP contribution >= 0.6 is 0 Å². The maximum absolute atomic E-state index is 13.1. The predicted octanol–water partition coefficient (Wildman–Crippen LogP) is 6.88. The molecule has 5 nitrogen and oxygen atoms in total. The molecule has 5 heteroatoms. The van der Waals surface area contributed by atoms with Crippen LogP contribution in [0.2, 0.25) is 0 Å². The van der Waals surface area contributed by atoms with Crippen LogP contribution in [-0.2, 0) is 11.3 Å². The van der Waals surface area contributed by atoms with Crippen molar-refractivity contribution in [2.45, 2.75) is 58.2 Å². The summed E-state index contributed by atoms with van der Waals surface area (Å²) in [5.74, 6) is 0.560. The number of piperidine rings is 1. The lowest BCUT2D eigenvalue weighted by Crippen LogP contribution is -2.34. The highest BCUT2D eigenvalue weighted by Gasteiger charge is 2.27. The molecule has 0 aliphatic carbocycles. The third-order valence-corrected chi connectivity index (χ3v) is 5.82. The van der Waals surface area contributed by atoms with E-state index in [1.54, 1.807) is 0 Å². The summed E-state index contributed by atoms with van der Waals surface area (Å²) in [6, 6.07) is 24.5. The van der Waals surface area contributed by atoms with Crippen molar-refractivity contribution in [3.05, 3.63) is 90.1 Å². The van der Waals surface area contributed by atoms with E-state index < -0.39 is 11.7 Å². The van der Waals surface area contributed by atoms with Gasteiger partial charge in [-0.25, -0.2) is 14.7 Å². The van der Waals surface area contributed by atoms with Gasteiger partial charge in [0.1, 0.15) is 11.4 Å². The average Bonchev–Trinajstić information content (AvgIpc) is 2.80. The molecule has 1 saturated heterocycles. The normalized spacial score (nSPS) is 16.9. The summed E-state index contributed by atoms with van der Waals surface area (Å²) in [7, 11) is 0. The highest BCUT2D eigenvalue weighted by Crippen LogP contribution is 2.33. The van der Waals surface area contributed by atoms with Crippen LogP contribution in [0.4, 0.5) is 16.3 Å². The fourth-order valence-electron chi connectivity index (χ4n) is 4.32. The quantitative estimate of drug-likeness (QED) is 0.431. The zero-order valence-electron chi connectivity index (χ0n) is 19.8. The first-order valence-corrected chi connectivity index (χ1v) is 11.7. The molecule has 0 radical (unpaired) electrons. The zero-order chi connectivity index (χ0) is 23.3. The van der Waals surface area contributed by atoms with Crippen molar-refractivity contribution >= 4 is 17.6 Å². The highest BCUT2D eigenvalue weighted by molar-refractivity contribution is 5.95. The summed E-state index contributed by atoms with van der Waals surface area (Å²) in [6.45, 7) is 7.62. The fraction of sp³-hybridized carbons (Fsp3) is 0.357. The van der Waals surface area contributed by atoms with Crippen molar-refractivity contribution < 1.29 is 9.53 Å². The van der Waals surface area contributed by atoms with Crippen LogP contribution in [0.15, 0.2) is 79.0 Å². The summed E-state index contributed by atoms with van der Waals surface area (Å²) >= 11 is 0. The number of ether oxygens (including phenoxy) is 1. The Morgan fingerprint density at radius 1 is 1.00 bits per heavy atom. The minimum Gasteiger partial charge on any atom is -0.443 e. The van der Waals surface area contributed by atoms with Crippen LogP contribution in [0.1, 0.15) is 57.2 Å². The number of likely N-dealkylation sites (tertiary alicyclic amines) is 1. The van der Waals surface area contributed by atoms with Crippen LogP contribution in [0.3, 0.4) is 0 Å². The summed E-state index contributed by atoms with van der Waals surface area (Å²) < 4.78 is 5.68. The predicted molar refractivity (Wildman–Crippen MR) is 132 cm³/mol. The lowest BCUT2D eigenvalue weighted by Gasteiger charge is -2.36. The van der Waals surface area contributed by atoms with E-state index in [4.69, 9.17) is 9.72 Å². The molecule has 1 amide bonds. The molecule has 1 fully saturated rings. The van der Waals surface area contributed by atoms with Gasteiger partial charge in [-0.15, -0.1) is 0 Å². The van der Waals surface area contributed by atoms with Gasteiger partial charge in [0, 0.05) is 18.8 Å². The van der Waals surface area contributed by atoms with Gasteiger partial charge < -0.3 is 4.74 Å². The van der Waals surface area contributed by atoms with Crippen molar-refractivity contribution in [3.8, 4) is 0 Å². The van der Waals surface area contributed by atoms with E-state index in [0.717, 1.165) is 25.2 Å². The van der Waals surface area contributed by atoms with Crippen LogP contribution in [0.5, 0.6) is 0 Å².